The lowest BCUT2D eigenvalue weighted by Crippen LogP contribution is -2.37. The highest BCUT2D eigenvalue weighted by Crippen LogP contribution is 2.34. The molecule has 1 aliphatic carbocycles. The summed E-state index contributed by atoms with van der Waals surface area (Å²) in [6.07, 6.45) is 3.65. The Morgan fingerprint density at radius 2 is 1.93 bits per heavy atom. The van der Waals surface area contributed by atoms with E-state index in [9.17, 15) is 0 Å². The van der Waals surface area contributed by atoms with Gasteiger partial charge in [-0.1, -0.05) is 34.8 Å². The van der Waals surface area contributed by atoms with Gasteiger partial charge in [-0.05, 0) is 25.3 Å². The molecule has 0 aliphatic heterocycles. The van der Waals surface area contributed by atoms with E-state index < -0.39 is 0 Å². The zero-order chi connectivity index (χ0) is 11.0. The number of anilines is 1. The van der Waals surface area contributed by atoms with Gasteiger partial charge in [0.1, 0.15) is 11.0 Å². The summed E-state index contributed by atoms with van der Waals surface area (Å²) in [7, 11) is 1.99. The van der Waals surface area contributed by atoms with Gasteiger partial charge in [-0.2, -0.15) is 0 Å². The molecule has 0 spiro atoms. The van der Waals surface area contributed by atoms with Crippen molar-refractivity contribution in [3.8, 4) is 0 Å². The molecule has 2 rings (SSSR count). The molecule has 1 heterocycles. The molecule has 1 aromatic rings. The van der Waals surface area contributed by atoms with Crippen LogP contribution in [0.15, 0.2) is 6.07 Å². The van der Waals surface area contributed by atoms with Gasteiger partial charge < -0.3 is 4.90 Å². The summed E-state index contributed by atoms with van der Waals surface area (Å²) in [5.74, 6) is 0.718. The van der Waals surface area contributed by atoms with Crippen LogP contribution in [0.3, 0.4) is 0 Å². The van der Waals surface area contributed by atoms with E-state index in [1.54, 1.807) is 6.07 Å². The molecular weight excluding hydrogens is 254 g/mol. The second kappa shape index (κ2) is 4.36. The number of hydrogen-bond donors (Lipinski definition) is 0. The summed E-state index contributed by atoms with van der Waals surface area (Å²) in [5, 5.41) is 1.26. The number of halogens is 3. The molecule has 0 saturated heterocycles. The minimum absolute atomic E-state index is 0.308. The van der Waals surface area contributed by atoms with Crippen molar-refractivity contribution in [2.24, 2.45) is 0 Å². The Balaban J connectivity index is 2.30. The van der Waals surface area contributed by atoms with Crippen molar-refractivity contribution in [1.82, 2.24) is 4.98 Å². The molecule has 1 saturated carbocycles. The quantitative estimate of drug-likeness (QED) is 0.751. The molecule has 0 N–H and O–H groups in total. The number of nitrogens with zero attached hydrogens (tertiary/aromatic N) is 2. The van der Waals surface area contributed by atoms with Gasteiger partial charge in [0.25, 0.3) is 0 Å². The van der Waals surface area contributed by atoms with Crippen molar-refractivity contribution in [2.75, 3.05) is 11.9 Å². The van der Waals surface area contributed by atoms with Gasteiger partial charge in [-0.3, -0.25) is 0 Å². The van der Waals surface area contributed by atoms with Crippen LogP contribution in [0, 0.1) is 0 Å². The second-order valence-corrected chi connectivity index (χ2v) is 4.93. The largest absolute Gasteiger partial charge is 0.355 e. The minimum atomic E-state index is 0.308. The van der Waals surface area contributed by atoms with Gasteiger partial charge in [-0.25, -0.2) is 4.98 Å². The summed E-state index contributed by atoms with van der Waals surface area (Å²) in [4.78, 5) is 6.28. The summed E-state index contributed by atoms with van der Waals surface area (Å²) in [6, 6.07) is 2.18. The molecule has 0 aromatic carbocycles. The van der Waals surface area contributed by atoms with E-state index in [1.165, 1.54) is 19.3 Å². The summed E-state index contributed by atoms with van der Waals surface area (Å²) >= 11 is 17.8. The van der Waals surface area contributed by atoms with Crippen LogP contribution < -0.4 is 4.90 Å². The highest BCUT2D eigenvalue weighted by molar-refractivity contribution is 6.42. The maximum atomic E-state index is 6.07. The van der Waals surface area contributed by atoms with Crippen molar-refractivity contribution in [3.05, 3.63) is 21.3 Å². The third-order valence-electron chi connectivity index (χ3n) is 2.82. The Hall–Kier alpha value is -0.180. The molecule has 0 radical (unpaired) electrons. The molecule has 5 heteroatoms. The van der Waals surface area contributed by atoms with Crippen molar-refractivity contribution in [1.29, 1.82) is 0 Å². The van der Waals surface area contributed by atoms with Crippen LogP contribution in [0.25, 0.3) is 0 Å². The lowest BCUT2D eigenvalue weighted by atomic mass is 9.92. The van der Waals surface area contributed by atoms with Crippen LogP contribution in [0.1, 0.15) is 19.3 Å². The predicted octanol–water partition coefficient (Wildman–Crippen LogP) is 4.03. The lowest BCUT2D eigenvalue weighted by Gasteiger charge is -2.36. The lowest BCUT2D eigenvalue weighted by molar-refractivity contribution is 0.399. The Kier molecular flexibility index (Phi) is 3.29. The van der Waals surface area contributed by atoms with Crippen LogP contribution in [0.2, 0.25) is 15.2 Å². The molecule has 1 aromatic heterocycles. The fourth-order valence-electron chi connectivity index (χ4n) is 1.63. The number of hydrogen-bond acceptors (Lipinski definition) is 2. The fraction of sp³-hybridized carbons (Fsp3) is 0.500. The molecule has 15 heavy (non-hydrogen) atoms. The van der Waals surface area contributed by atoms with Gasteiger partial charge in [0.15, 0.2) is 0 Å². The van der Waals surface area contributed by atoms with Crippen LogP contribution in [-0.4, -0.2) is 18.1 Å². The SMILES string of the molecule is CN(c1nc(Cl)c(Cl)cc1Cl)C1CCC1. The fourth-order valence-corrected chi connectivity index (χ4v) is 2.26. The van der Waals surface area contributed by atoms with E-state index in [-0.39, 0.29) is 0 Å². The Morgan fingerprint density at radius 3 is 2.47 bits per heavy atom. The molecule has 1 fully saturated rings. The topological polar surface area (TPSA) is 16.1 Å². The molecule has 0 bridgehead atoms. The number of rotatable bonds is 2. The summed E-state index contributed by atoms with van der Waals surface area (Å²) in [6.45, 7) is 0. The first-order chi connectivity index (χ1) is 7.09. The van der Waals surface area contributed by atoms with Gasteiger partial charge in [0.2, 0.25) is 0 Å². The zero-order valence-electron chi connectivity index (χ0n) is 8.30. The van der Waals surface area contributed by atoms with E-state index >= 15 is 0 Å². The van der Waals surface area contributed by atoms with E-state index in [0.717, 1.165) is 5.82 Å². The van der Waals surface area contributed by atoms with Crippen molar-refractivity contribution >= 4 is 40.6 Å². The normalized spacial score (nSPS) is 16.3. The van der Waals surface area contributed by atoms with Crippen molar-refractivity contribution in [3.63, 3.8) is 0 Å². The van der Waals surface area contributed by atoms with Crippen molar-refractivity contribution < 1.29 is 0 Å². The first kappa shape index (κ1) is 11.3. The third-order valence-corrected chi connectivity index (χ3v) is 3.78. The highest BCUT2D eigenvalue weighted by Gasteiger charge is 2.25. The van der Waals surface area contributed by atoms with Gasteiger partial charge in [-0.15, -0.1) is 0 Å². The first-order valence-electron chi connectivity index (χ1n) is 4.84. The standard InChI is InChI=1S/C10H11Cl3N2/c1-15(6-3-2-4-6)10-8(12)5-7(11)9(13)14-10/h5-6H,2-4H2,1H3. The highest BCUT2D eigenvalue weighted by atomic mass is 35.5. The smallest absolute Gasteiger partial charge is 0.150 e. The third kappa shape index (κ3) is 2.17. The van der Waals surface area contributed by atoms with E-state index in [4.69, 9.17) is 34.8 Å². The Labute approximate surface area is 104 Å². The van der Waals surface area contributed by atoms with Crippen LogP contribution in [0.5, 0.6) is 0 Å². The number of aromatic nitrogens is 1. The molecule has 0 atom stereocenters. The van der Waals surface area contributed by atoms with Gasteiger partial charge >= 0.3 is 0 Å². The van der Waals surface area contributed by atoms with Crippen LogP contribution in [0.4, 0.5) is 5.82 Å². The molecule has 82 valence electrons. The van der Waals surface area contributed by atoms with E-state index in [2.05, 4.69) is 9.88 Å². The van der Waals surface area contributed by atoms with Crippen LogP contribution >= 0.6 is 34.8 Å². The Morgan fingerprint density at radius 1 is 1.27 bits per heavy atom. The maximum absolute atomic E-state index is 6.07. The number of pyridine rings is 1. The van der Waals surface area contributed by atoms with Gasteiger partial charge in [0, 0.05) is 13.1 Å². The molecule has 1 aliphatic rings. The van der Waals surface area contributed by atoms with Gasteiger partial charge in [0.05, 0.1) is 10.0 Å². The van der Waals surface area contributed by atoms with E-state index in [1.807, 2.05) is 7.05 Å². The monoisotopic (exact) mass is 264 g/mol. The zero-order valence-corrected chi connectivity index (χ0v) is 10.6. The van der Waals surface area contributed by atoms with E-state index in [0.29, 0.717) is 21.2 Å². The summed E-state index contributed by atoms with van der Waals surface area (Å²) in [5.41, 5.74) is 0. The van der Waals surface area contributed by atoms with Crippen LogP contribution in [-0.2, 0) is 0 Å². The average molecular weight is 266 g/mol. The predicted molar refractivity (Wildman–Crippen MR) is 65.3 cm³/mol. The molecule has 0 unspecified atom stereocenters. The average Bonchev–Trinajstić information content (AvgIpc) is 2.08. The maximum Gasteiger partial charge on any atom is 0.150 e. The first-order valence-corrected chi connectivity index (χ1v) is 5.97. The summed E-state index contributed by atoms with van der Waals surface area (Å²) < 4.78 is 0. The molecule has 2 nitrogen and oxygen atoms in total. The minimum Gasteiger partial charge on any atom is -0.355 e. The molecular formula is C10H11Cl3N2. The Bertz CT molecular complexity index is 377. The second-order valence-electron chi connectivity index (χ2n) is 3.76. The molecule has 0 amide bonds. The van der Waals surface area contributed by atoms with Crippen molar-refractivity contribution in [2.45, 2.75) is 25.3 Å².